The SMILES string of the molecule is O=C(O)c1cc(Br)c2nc(N3C4CC[C@H]3CC(OCc3c(-c5ccccc5OC(F)(F)F)noc3C3CC3)C4)sc2c1. The van der Waals surface area contributed by atoms with E-state index in [1.165, 1.54) is 23.5 Å². The lowest BCUT2D eigenvalue weighted by Crippen LogP contribution is -2.45. The molecule has 2 bridgehead atoms. The molecule has 4 heterocycles. The molecule has 3 fully saturated rings. The first kappa shape index (κ1) is 27.7. The third-order valence-electron chi connectivity index (χ3n) is 8.19. The van der Waals surface area contributed by atoms with Crippen LogP contribution in [0.25, 0.3) is 21.5 Å². The molecule has 0 radical (unpaired) electrons. The lowest BCUT2D eigenvalue weighted by molar-refractivity contribution is -0.274. The van der Waals surface area contributed by atoms with Crippen molar-refractivity contribution in [2.24, 2.45) is 0 Å². The van der Waals surface area contributed by atoms with E-state index in [0.29, 0.717) is 21.5 Å². The summed E-state index contributed by atoms with van der Waals surface area (Å²) in [5, 5.41) is 14.5. The van der Waals surface area contributed by atoms with Crippen molar-refractivity contribution in [1.29, 1.82) is 0 Å². The molecule has 2 aliphatic heterocycles. The first-order valence-corrected chi connectivity index (χ1v) is 15.3. The van der Waals surface area contributed by atoms with Crippen molar-refractivity contribution in [3.63, 3.8) is 0 Å². The summed E-state index contributed by atoms with van der Waals surface area (Å²) < 4.78 is 57.2. The average molecular weight is 664 g/mol. The van der Waals surface area contributed by atoms with Crippen molar-refractivity contribution in [3.05, 3.63) is 57.8 Å². The largest absolute Gasteiger partial charge is 0.573 e. The molecule has 1 N–H and O–H groups in total. The molecule has 4 aromatic rings. The molecule has 220 valence electrons. The Kier molecular flexibility index (Phi) is 6.93. The lowest BCUT2D eigenvalue weighted by atomic mass is 10.00. The number of rotatable bonds is 8. The molecule has 8 nitrogen and oxygen atoms in total. The Balaban J connectivity index is 1.10. The maximum absolute atomic E-state index is 13.1. The van der Waals surface area contributed by atoms with Gasteiger partial charge in [-0.05, 0) is 78.7 Å². The molecule has 3 aliphatic rings. The van der Waals surface area contributed by atoms with Gasteiger partial charge in [0.1, 0.15) is 17.2 Å². The van der Waals surface area contributed by atoms with Gasteiger partial charge < -0.3 is 24.0 Å². The lowest BCUT2D eigenvalue weighted by Gasteiger charge is -2.38. The second kappa shape index (κ2) is 10.5. The van der Waals surface area contributed by atoms with E-state index in [1.54, 1.807) is 24.3 Å². The standard InChI is InChI=1S/C29H25BrF3N3O5S/c30-21-9-15(27(37)38)10-23-25(21)34-28(42-23)36-16-7-8-17(36)12-18(11-16)39-13-20-24(35-41-26(20)14-5-6-14)19-3-1-2-4-22(19)40-29(31,32)33/h1-4,9-10,14,16-18H,5-8,11-13H2,(H,37,38)/t16-,17?,18?/m0/s1. The predicted molar refractivity (Wildman–Crippen MR) is 152 cm³/mol. The summed E-state index contributed by atoms with van der Waals surface area (Å²) >= 11 is 4.97. The molecule has 2 aromatic heterocycles. The summed E-state index contributed by atoms with van der Waals surface area (Å²) in [5.74, 6) is -0.444. The van der Waals surface area contributed by atoms with E-state index < -0.39 is 12.3 Å². The van der Waals surface area contributed by atoms with Gasteiger partial charge in [-0.3, -0.25) is 0 Å². The average Bonchev–Trinajstić information content (AvgIpc) is 3.45. The number of aromatic carboxylic acids is 1. The molecule has 7 rings (SSSR count). The normalized spacial score (nSPS) is 22.2. The number of nitrogens with zero attached hydrogens (tertiary/aromatic N) is 3. The number of piperidine rings is 1. The highest BCUT2D eigenvalue weighted by Gasteiger charge is 2.43. The highest BCUT2D eigenvalue weighted by Crippen LogP contribution is 2.47. The summed E-state index contributed by atoms with van der Waals surface area (Å²) in [4.78, 5) is 18.7. The molecule has 2 aromatic carbocycles. The third kappa shape index (κ3) is 5.26. The maximum Gasteiger partial charge on any atom is 0.573 e. The molecule has 0 amide bonds. The molecule has 1 aliphatic carbocycles. The van der Waals surface area contributed by atoms with Crippen molar-refractivity contribution in [3.8, 4) is 17.0 Å². The fourth-order valence-corrected chi connectivity index (χ4v) is 8.06. The number of aromatic nitrogens is 2. The van der Waals surface area contributed by atoms with Gasteiger partial charge in [-0.15, -0.1) is 13.2 Å². The zero-order chi connectivity index (χ0) is 29.2. The van der Waals surface area contributed by atoms with Gasteiger partial charge in [-0.1, -0.05) is 28.6 Å². The first-order valence-electron chi connectivity index (χ1n) is 13.7. The first-order chi connectivity index (χ1) is 20.1. The van der Waals surface area contributed by atoms with Crippen LogP contribution in [0, 0.1) is 0 Å². The number of hydrogen-bond acceptors (Lipinski definition) is 8. The number of thiazole rings is 1. The van der Waals surface area contributed by atoms with Crippen LogP contribution in [-0.4, -0.2) is 45.8 Å². The van der Waals surface area contributed by atoms with Crippen molar-refractivity contribution in [2.45, 2.75) is 75.6 Å². The maximum atomic E-state index is 13.1. The number of ether oxygens (including phenoxy) is 2. The van der Waals surface area contributed by atoms with E-state index in [4.69, 9.17) is 14.2 Å². The van der Waals surface area contributed by atoms with Crippen molar-refractivity contribution in [1.82, 2.24) is 10.1 Å². The van der Waals surface area contributed by atoms with Crippen LogP contribution in [0.15, 0.2) is 45.4 Å². The van der Waals surface area contributed by atoms with Crippen molar-refractivity contribution >= 4 is 48.6 Å². The number of hydrogen-bond donors (Lipinski definition) is 1. The van der Waals surface area contributed by atoms with E-state index >= 15 is 0 Å². The van der Waals surface area contributed by atoms with Gasteiger partial charge in [0, 0.05) is 33.6 Å². The molecule has 42 heavy (non-hydrogen) atoms. The van der Waals surface area contributed by atoms with Gasteiger partial charge in [-0.25, -0.2) is 9.78 Å². The van der Waals surface area contributed by atoms with Gasteiger partial charge in [0.25, 0.3) is 0 Å². The fraction of sp³-hybridized carbons (Fsp3) is 0.414. The summed E-state index contributed by atoms with van der Waals surface area (Å²) in [6.07, 6.45) is 0.554. The third-order valence-corrected chi connectivity index (χ3v) is 9.81. The Morgan fingerprint density at radius 3 is 2.57 bits per heavy atom. The summed E-state index contributed by atoms with van der Waals surface area (Å²) in [5.41, 5.74) is 2.17. The van der Waals surface area contributed by atoms with Crippen LogP contribution in [0.3, 0.4) is 0 Å². The fourth-order valence-electron chi connectivity index (χ4n) is 6.20. The number of halogens is 4. The summed E-state index contributed by atoms with van der Waals surface area (Å²) in [6, 6.07) is 9.63. The number of alkyl halides is 3. The van der Waals surface area contributed by atoms with Crippen molar-refractivity contribution < 1.29 is 37.1 Å². The number of para-hydroxylation sites is 1. The monoisotopic (exact) mass is 663 g/mol. The molecule has 13 heteroatoms. The number of carboxylic acids is 1. The molecular formula is C29H25BrF3N3O5S. The van der Waals surface area contributed by atoms with E-state index in [9.17, 15) is 23.1 Å². The number of carboxylic acid groups (broad SMARTS) is 1. The minimum atomic E-state index is -4.83. The van der Waals surface area contributed by atoms with E-state index in [1.807, 2.05) is 0 Å². The smallest absolute Gasteiger partial charge is 0.478 e. The number of fused-ring (bicyclic) bond motifs is 3. The highest BCUT2D eigenvalue weighted by molar-refractivity contribution is 9.10. The summed E-state index contributed by atoms with van der Waals surface area (Å²) in [6.45, 7) is 0.182. The Bertz CT molecular complexity index is 1660. The van der Waals surface area contributed by atoms with E-state index in [2.05, 4.69) is 30.7 Å². The topological polar surface area (TPSA) is 97.9 Å². The number of benzene rings is 2. The zero-order valence-corrected chi connectivity index (χ0v) is 24.5. The minimum Gasteiger partial charge on any atom is -0.478 e. The highest BCUT2D eigenvalue weighted by atomic mass is 79.9. The van der Waals surface area contributed by atoms with E-state index in [-0.39, 0.29) is 47.6 Å². The Labute approximate surface area is 250 Å². The van der Waals surface area contributed by atoms with Gasteiger partial charge >= 0.3 is 12.3 Å². The van der Waals surface area contributed by atoms with Crippen LogP contribution in [0.1, 0.15) is 66.1 Å². The molecule has 3 atom stereocenters. The summed E-state index contributed by atoms with van der Waals surface area (Å²) in [7, 11) is 0. The van der Waals surface area contributed by atoms with Gasteiger partial charge in [0.15, 0.2) is 5.13 Å². The van der Waals surface area contributed by atoms with Gasteiger partial charge in [0.05, 0.1) is 28.5 Å². The molecule has 0 spiro atoms. The Morgan fingerprint density at radius 2 is 1.88 bits per heavy atom. The Morgan fingerprint density at radius 1 is 1.14 bits per heavy atom. The van der Waals surface area contributed by atoms with Crippen LogP contribution < -0.4 is 9.64 Å². The van der Waals surface area contributed by atoms with Crippen LogP contribution in [-0.2, 0) is 11.3 Å². The zero-order valence-electron chi connectivity index (χ0n) is 22.1. The molecule has 2 saturated heterocycles. The van der Waals surface area contributed by atoms with Gasteiger partial charge in [-0.2, -0.15) is 0 Å². The van der Waals surface area contributed by atoms with Crippen LogP contribution in [0.4, 0.5) is 18.3 Å². The quantitative estimate of drug-likeness (QED) is 0.203. The van der Waals surface area contributed by atoms with Crippen LogP contribution in [0.2, 0.25) is 0 Å². The second-order valence-electron chi connectivity index (χ2n) is 11.0. The molecular weight excluding hydrogens is 639 g/mol. The Hall–Kier alpha value is -3.16. The molecule has 2 unspecified atom stereocenters. The van der Waals surface area contributed by atoms with Gasteiger partial charge in [0.2, 0.25) is 0 Å². The van der Waals surface area contributed by atoms with E-state index in [0.717, 1.165) is 53.9 Å². The number of anilines is 1. The predicted octanol–water partition coefficient (Wildman–Crippen LogP) is 7.90. The minimum absolute atomic E-state index is 0.0463. The van der Waals surface area contributed by atoms with Crippen molar-refractivity contribution in [2.75, 3.05) is 4.90 Å². The van der Waals surface area contributed by atoms with Crippen LogP contribution in [0.5, 0.6) is 5.75 Å². The molecule has 1 saturated carbocycles. The number of carbonyl (C=O) groups is 1. The van der Waals surface area contributed by atoms with Crippen LogP contribution >= 0.6 is 27.3 Å². The second-order valence-corrected chi connectivity index (χ2v) is 12.9.